The van der Waals surface area contributed by atoms with Crippen molar-refractivity contribution in [2.24, 2.45) is 0 Å². The molecule has 112 valence electrons. The first kappa shape index (κ1) is 13.6. The summed E-state index contributed by atoms with van der Waals surface area (Å²) < 4.78 is 5.43. The van der Waals surface area contributed by atoms with E-state index in [0.29, 0.717) is 5.57 Å². The maximum atomic E-state index is 12.3. The van der Waals surface area contributed by atoms with Crippen LogP contribution in [0.4, 0.5) is 5.69 Å². The van der Waals surface area contributed by atoms with E-state index in [1.54, 1.807) is 7.11 Å². The van der Waals surface area contributed by atoms with Gasteiger partial charge in [-0.2, -0.15) is 0 Å². The quantitative estimate of drug-likeness (QED) is 0.715. The number of fused-ring (bicyclic) bond motifs is 2. The van der Waals surface area contributed by atoms with Gasteiger partial charge >= 0.3 is 0 Å². The number of hydrogen-bond donors (Lipinski definition) is 1. The maximum Gasteiger partial charge on any atom is 0.256 e. The van der Waals surface area contributed by atoms with Crippen molar-refractivity contribution < 1.29 is 9.53 Å². The van der Waals surface area contributed by atoms with Crippen molar-refractivity contribution >= 4 is 34.0 Å². The SMILES string of the molecule is COc1ccc(/C=C2/C(=O)Nc3ccccc32)c2ccccc12. The molecule has 0 radical (unpaired) electrons. The Bertz CT molecular complexity index is 957. The van der Waals surface area contributed by atoms with Gasteiger partial charge in [0.15, 0.2) is 0 Å². The average Bonchev–Trinajstić information content (AvgIpc) is 2.91. The molecule has 3 heteroatoms. The molecular weight excluding hydrogens is 286 g/mol. The van der Waals surface area contributed by atoms with E-state index >= 15 is 0 Å². The van der Waals surface area contributed by atoms with Gasteiger partial charge < -0.3 is 10.1 Å². The number of carbonyl (C=O) groups excluding carboxylic acids is 1. The fraction of sp³-hybridized carbons (Fsp3) is 0.0500. The molecule has 0 fully saturated rings. The molecule has 3 aromatic carbocycles. The van der Waals surface area contributed by atoms with Crippen LogP contribution in [0.2, 0.25) is 0 Å². The largest absolute Gasteiger partial charge is 0.496 e. The fourth-order valence-electron chi connectivity index (χ4n) is 3.04. The van der Waals surface area contributed by atoms with Gasteiger partial charge in [0.25, 0.3) is 5.91 Å². The van der Waals surface area contributed by atoms with Crippen molar-refractivity contribution in [1.29, 1.82) is 0 Å². The first-order chi connectivity index (χ1) is 11.3. The van der Waals surface area contributed by atoms with Crippen molar-refractivity contribution in [3.8, 4) is 5.75 Å². The third kappa shape index (κ3) is 2.18. The summed E-state index contributed by atoms with van der Waals surface area (Å²) in [6.45, 7) is 0. The van der Waals surface area contributed by atoms with Crippen LogP contribution in [0, 0.1) is 0 Å². The highest BCUT2D eigenvalue weighted by Gasteiger charge is 2.23. The number of nitrogens with one attached hydrogen (secondary N) is 1. The summed E-state index contributed by atoms with van der Waals surface area (Å²) in [7, 11) is 1.67. The molecule has 23 heavy (non-hydrogen) atoms. The van der Waals surface area contributed by atoms with Crippen LogP contribution in [0.1, 0.15) is 11.1 Å². The number of ether oxygens (including phenoxy) is 1. The number of benzene rings is 3. The Kier molecular flexibility index (Phi) is 3.12. The summed E-state index contributed by atoms with van der Waals surface area (Å²) >= 11 is 0. The number of amides is 1. The molecule has 0 aromatic heterocycles. The zero-order valence-electron chi connectivity index (χ0n) is 12.7. The van der Waals surface area contributed by atoms with Crippen LogP contribution in [-0.4, -0.2) is 13.0 Å². The topological polar surface area (TPSA) is 38.3 Å². The van der Waals surface area contributed by atoms with Gasteiger partial charge in [-0.15, -0.1) is 0 Å². The summed E-state index contributed by atoms with van der Waals surface area (Å²) in [5.41, 5.74) is 3.50. The molecule has 0 saturated heterocycles. The molecule has 0 saturated carbocycles. The molecule has 0 atom stereocenters. The number of carbonyl (C=O) groups is 1. The van der Waals surface area contributed by atoms with Gasteiger partial charge in [0.1, 0.15) is 5.75 Å². The van der Waals surface area contributed by atoms with Gasteiger partial charge in [0, 0.05) is 22.2 Å². The minimum Gasteiger partial charge on any atom is -0.496 e. The van der Waals surface area contributed by atoms with Crippen LogP contribution < -0.4 is 10.1 Å². The van der Waals surface area contributed by atoms with Crippen molar-refractivity contribution in [2.75, 3.05) is 12.4 Å². The Hall–Kier alpha value is -3.07. The van der Waals surface area contributed by atoms with Crippen LogP contribution in [0.5, 0.6) is 5.75 Å². The lowest BCUT2D eigenvalue weighted by molar-refractivity contribution is -0.110. The van der Waals surface area contributed by atoms with Crippen molar-refractivity contribution in [2.45, 2.75) is 0 Å². The lowest BCUT2D eigenvalue weighted by atomic mass is 9.99. The Morgan fingerprint density at radius 1 is 0.913 bits per heavy atom. The van der Waals surface area contributed by atoms with E-state index in [2.05, 4.69) is 5.32 Å². The second kappa shape index (κ2) is 5.29. The molecule has 4 rings (SSSR count). The second-order valence-corrected chi connectivity index (χ2v) is 5.46. The van der Waals surface area contributed by atoms with Gasteiger partial charge in [0.2, 0.25) is 0 Å². The van der Waals surface area contributed by atoms with Crippen LogP contribution in [-0.2, 0) is 4.79 Å². The van der Waals surface area contributed by atoms with Crippen LogP contribution in [0.25, 0.3) is 22.4 Å². The first-order valence-electron chi connectivity index (χ1n) is 7.46. The number of para-hydroxylation sites is 1. The molecule has 1 amide bonds. The van der Waals surface area contributed by atoms with Gasteiger partial charge in [-0.3, -0.25) is 4.79 Å². The third-order valence-electron chi connectivity index (χ3n) is 4.15. The highest BCUT2D eigenvalue weighted by molar-refractivity contribution is 6.35. The van der Waals surface area contributed by atoms with Gasteiger partial charge in [-0.25, -0.2) is 0 Å². The van der Waals surface area contributed by atoms with E-state index < -0.39 is 0 Å². The van der Waals surface area contributed by atoms with E-state index in [1.807, 2.05) is 66.7 Å². The summed E-state index contributed by atoms with van der Waals surface area (Å²) in [4.78, 5) is 12.3. The fourth-order valence-corrected chi connectivity index (χ4v) is 3.04. The highest BCUT2D eigenvalue weighted by Crippen LogP contribution is 2.35. The molecule has 3 aromatic rings. The standard InChI is InChI=1S/C20H15NO2/c1-23-19-11-10-13(14-6-2-3-8-16(14)19)12-17-15-7-4-5-9-18(15)21-20(17)22/h2-12H,1H3,(H,21,22)/b17-12+. The maximum absolute atomic E-state index is 12.3. The molecule has 0 spiro atoms. The number of methoxy groups -OCH3 is 1. The third-order valence-corrected chi connectivity index (χ3v) is 4.15. The predicted molar refractivity (Wildman–Crippen MR) is 93.4 cm³/mol. The Balaban J connectivity index is 1.93. The molecule has 0 unspecified atom stereocenters. The number of anilines is 1. The zero-order valence-corrected chi connectivity index (χ0v) is 12.7. The molecule has 0 bridgehead atoms. The van der Waals surface area contributed by atoms with Crippen molar-refractivity contribution in [3.63, 3.8) is 0 Å². The molecule has 1 heterocycles. The van der Waals surface area contributed by atoms with E-state index in [0.717, 1.165) is 33.3 Å². The molecule has 0 aliphatic carbocycles. The lowest BCUT2D eigenvalue weighted by Crippen LogP contribution is -2.03. The Morgan fingerprint density at radius 3 is 2.48 bits per heavy atom. The molecular formula is C20H15NO2. The van der Waals surface area contributed by atoms with Crippen LogP contribution in [0.3, 0.4) is 0 Å². The molecule has 3 nitrogen and oxygen atoms in total. The number of rotatable bonds is 2. The van der Waals surface area contributed by atoms with Gasteiger partial charge in [-0.05, 0) is 29.2 Å². The summed E-state index contributed by atoms with van der Waals surface area (Å²) in [5, 5.41) is 5.01. The number of hydrogen-bond acceptors (Lipinski definition) is 2. The smallest absolute Gasteiger partial charge is 0.256 e. The minimum atomic E-state index is -0.0638. The molecule has 1 N–H and O–H groups in total. The van der Waals surface area contributed by atoms with Crippen molar-refractivity contribution in [3.05, 3.63) is 71.8 Å². The molecule has 1 aliphatic rings. The summed E-state index contributed by atoms with van der Waals surface area (Å²) in [6, 6.07) is 19.7. The van der Waals surface area contributed by atoms with E-state index in [-0.39, 0.29) is 5.91 Å². The second-order valence-electron chi connectivity index (χ2n) is 5.46. The summed E-state index contributed by atoms with van der Waals surface area (Å²) in [6.07, 6.45) is 1.95. The Morgan fingerprint density at radius 2 is 1.65 bits per heavy atom. The molecule has 1 aliphatic heterocycles. The first-order valence-corrected chi connectivity index (χ1v) is 7.46. The monoisotopic (exact) mass is 301 g/mol. The zero-order chi connectivity index (χ0) is 15.8. The summed E-state index contributed by atoms with van der Waals surface area (Å²) in [5.74, 6) is 0.769. The van der Waals surface area contributed by atoms with E-state index in [9.17, 15) is 4.79 Å². The highest BCUT2D eigenvalue weighted by atomic mass is 16.5. The van der Waals surface area contributed by atoms with Crippen LogP contribution in [0.15, 0.2) is 60.7 Å². The van der Waals surface area contributed by atoms with Gasteiger partial charge in [0.05, 0.1) is 7.11 Å². The lowest BCUT2D eigenvalue weighted by Gasteiger charge is -2.08. The van der Waals surface area contributed by atoms with Gasteiger partial charge in [-0.1, -0.05) is 48.5 Å². The van der Waals surface area contributed by atoms with Crippen molar-refractivity contribution in [1.82, 2.24) is 0 Å². The van der Waals surface area contributed by atoms with E-state index in [1.165, 1.54) is 0 Å². The average molecular weight is 301 g/mol. The minimum absolute atomic E-state index is 0.0638. The van der Waals surface area contributed by atoms with Crippen LogP contribution >= 0.6 is 0 Å². The normalized spacial score (nSPS) is 14.8. The van der Waals surface area contributed by atoms with E-state index in [4.69, 9.17) is 4.74 Å². The predicted octanol–water partition coefficient (Wildman–Crippen LogP) is 4.34. The Labute approximate surface area is 134 Å².